The topological polar surface area (TPSA) is 133 Å². The number of unbranched alkanes of at least 4 members (excludes halogenated alkanes) is 1. The van der Waals surface area contributed by atoms with E-state index in [1.165, 1.54) is 15.7 Å². The predicted molar refractivity (Wildman–Crippen MR) is 131 cm³/mol. The molecular formula is C25H30N4O6. The van der Waals surface area contributed by atoms with Gasteiger partial charge < -0.3 is 19.6 Å². The molecule has 0 aliphatic carbocycles. The molecule has 1 fully saturated rings. The maximum atomic E-state index is 13.6. The fourth-order valence-corrected chi connectivity index (χ4v) is 4.00. The average Bonchev–Trinajstić information content (AvgIpc) is 3.56. The molecule has 10 nitrogen and oxygen atoms in total. The van der Waals surface area contributed by atoms with E-state index in [4.69, 9.17) is 19.6 Å². The molecule has 3 heterocycles. The van der Waals surface area contributed by atoms with Crippen molar-refractivity contribution in [3.8, 4) is 5.75 Å². The molecule has 1 aromatic carbocycles. The van der Waals surface area contributed by atoms with Crippen molar-refractivity contribution in [2.75, 3.05) is 23.8 Å². The van der Waals surface area contributed by atoms with Crippen LogP contribution in [-0.4, -0.2) is 34.8 Å². The quantitative estimate of drug-likeness (QED) is 0.454. The second-order valence-corrected chi connectivity index (χ2v) is 8.44. The molecule has 2 aromatic heterocycles. The van der Waals surface area contributed by atoms with Crippen LogP contribution in [0.25, 0.3) is 0 Å². The summed E-state index contributed by atoms with van der Waals surface area (Å²) in [6.07, 6.45) is 5.08. The van der Waals surface area contributed by atoms with Gasteiger partial charge in [-0.25, -0.2) is 4.79 Å². The van der Waals surface area contributed by atoms with Crippen LogP contribution in [0.1, 0.15) is 48.7 Å². The molecule has 0 spiro atoms. The number of rotatable bonds is 10. The highest BCUT2D eigenvalue weighted by atomic mass is 16.5. The van der Waals surface area contributed by atoms with E-state index in [1.807, 2.05) is 6.92 Å². The maximum Gasteiger partial charge on any atom is 0.330 e. The Labute approximate surface area is 202 Å². The first-order chi connectivity index (χ1) is 17.0. The fraction of sp³-hybridized carbons (Fsp3) is 0.400. The highest BCUT2D eigenvalue weighted by Crippen LogP contribution is 2.24. The SMILES string of the molecule is CCCCn1c(N)c(N(Cc2ccco2)C(=O)c2ccc(OCC3CCCO3)cc2)c(=O)[nH]c1=O. The summed E-state index contributed by atoms with van der Waals surface area (Å²) >= 11 is 0. The van der Waals surface area contributed by atoms with Crippen molar-refractivity contribution in [1.29, 1.82) is 0 Å². The lowest BCUT2D eigenvalue weighted by Crippen LogP contribution is -2.41. The molecule has 3 N–H and O–H groups in total. The van der Waals surface area contributed by atoms with Crippen LogP contribution in [0.2, 0.25) is 0 Å². The van der Waals surface area contributed by atoms with Crippen LogP contribution < -0.4 is 26.6 Å². The van der Waals surface area contributed by atoms with E-state index in [9.17, 15) is 14.4 Å². The number of hydrogen-bond donors (Lipinski definition) is 2. The van der Waals surface area contributed by atoms with Gasteiger partial charge in [-0.2, -0.15) is 0 Å². The Morgan fingerprint density at radius 3 is 2.71 bits per heavy atom. The predicted octanol–water partition coefficient (Wildman–Crippen LogP) is 2.92. The van der Waals surface area contributed by atoms with E-state index in [2.05, 4.69) is 4.98 Å². The van der Waals surface area contributed by atoms with Gasteiger partial charge in [-0.1, -0.05) is 13.3 Å². The smallest absolute Gasteiger partial charge is 0.330 e. The number of benzene rings is 1. The van der Waals surface area contributed by atoms with Crippen molar-refractivity contribution in [1.82, 2.24) is 9.55 Å². The Bertz CT molecular complexity index is 1240. The number of nitrogens with two attached hydrogens (primary N) is 1. The molecule has 1 amide bonds. The van der Waals surface area contributed by atoms with Gasteiger partial charge in [0.2, 0.25) is 0 Å². The summed E-state index contributed by atoms with van der Waals surface area (Å²) in [6, 6.07) is 10.0. The molecule has 10 heteroatoms. The van der Waals surface area contributed by atoms with Crippen LogP contribution in [0, 0.1) is 0 Å². The number of carbonyl (C=O) groups is 1. The monoisotopic (exact) mass is 482 g/mol. The molecule has 0 bridgehead atoms. The summed E-state index contributed by atoms with van der Waals surface area (Å²) in [5.74, 6) is 0.536. The minimum absolute atomic E-state index is 0.0393. The Kier molecular flexibility index (Phi) is 7.71. The van der Waals surface area contributed by atoms with Gasteiger partial charge in [-0.05, 0) is 55.7 Å². The highest BCUT2D eigenvalue weighted by Gasteiger charge is 2.26. The number of amides is 1. The highest BCUT2D eigenvalue weighted by molar-refractivity contribution is 6.07. The molecule has 1 unspecified atom stereocenters. The van der Waals surface area contributed by atoms with E-state index < -0.39 is 17.2 Å². The Balaban J connectivity index is 1.64. The number of aromatic amines is 1. The van der Waals surface area contributed by atoms with E-state index in [-0.39, 0.29) is 24.2 Å². The summed E-state index contributed by atoms with van der Waals surface area (Å²) < 4.78 is 18.1. The molecule has 0 radical (unpaired) electrons. The fourth-order valence-electron chi connectivity index (χ4n) is 4.00. The second-order valence-electron chi connectivity index (χ2n) is 8.44. The molecule has 1 aliphatic heterocycles. The van der Waals surface area contributed by atoms with Crippen molar-refractivity contribution in [2.45, 2.75) is 51.8 Å². The third-order valence-electron chi connectivity index (χ3n) is 5.92. The summed E-state index contributed by atoms with van der Waals surface area (Å²) in [4.78, 5) is 42.3. The number of furan rings is 1. The number of nitrogens with one attached hydrogen (secondary N) is 1. The summed E-state index contributed by atoms with van der Waals surface area (Å²) in [6.45, 7) is 3.46. The van der Waals surface area contributed by atoms with E-state index in [0.717, 1.165) is 25.9 Å². The molecule has 4 rings (SSSR count). The van der Waals surface area contributed by atoms with Gasteiger partial charge in [0, 0.05) is 18.7 Å². The number of nitrogen functional groups attached to an aromatic ring is 1. The molecule has 186 valence electrons. The number of anilines is 2. The largest absolute Gasteiger partial charge is 0.491 e. The van der Waals surface area contributed by atoms with Gasteiger partial charge in [-0.3, -0.25) is 24.0 Å². The number of ether oxygens (including phenoxy) is 2. The second kappa shape index (κ2) is 11.1. The van der Waals surface area contributed by atoms with Crippen molar-refractivity contribution >= 4 is 17.4 Å². The lowest BCUT2D eigenvalue weighted by molar-refractivity contribution is 0.0679. The van der Waals surface area contributed by atoms with Crippen LogP contribution in [0.5, 0.6) is 5.75 Å². The van der Waals surface area contributed by atoms with Crippen molar-refractivity contribution in [3.63, 3.8) is 0 Å². The average molecular weight is 483 g/mol. The number of nitrogens with zero attached hydrogens (tertiary/aromatic N) is 2. The summed E-state index contributed by atoms with van der Waals surface area (Å²) in [7, 11) is 0. The maximum absolute atomic E-state index is 13.6. The zero-order valence-corrected chi connectivity index (χ0v) is 19.7. The van der Waals surface area contributed by atoms with Gasteiger partial charge in [-0.15, -0.1) is 0 Å². The Morgan fingerprint density at radius 1 is 1.26 bits per heavy atom. The summed E-state index contributed by atoms with van der Waals surface area (Å²) in [5, 5.41) is 0. The van der Waals surface area contributed by atoms with Crippen LogP contribution in [0.3, 0.4) is 0 Å². The Hall–Kier alpha value is -3.79. The molecule has 1 saturated heterocycles. The van der Waals surface area contributed by atoms with Gasteiger partial charge >= 0.3 is 5.69 Å². The Morgan fingerprint density at radius 2 is 2.06 bits per heavy atom. The van der Waals surface area contributed by atoms with Crippen molar-refractivity contribution < 1.29 is 18.7 Å². The van der Waals surface area contributed by atoms with E-state index in [1.54, 1.807) is 36.4 Å². The van der Waals surface area contributed by atoms with Crippen molar-refractivity contribution in [3.05, 3.63) is 74.8 Å². The number of aromatic nitrogens is 2. The minimum atomic E-state index is -0.739. The molecule has 35 heavy (non-hydrogen) atoms. The van der Waals surface area contributed by atoms with E-state index >= 15 is 0 Å². The standard InChI is InChI=1S/C25H30N4O6/c1-2-3-12-28-22(26)21(23(30)27-25(28)32)29(15-19-6-4-13-33-19)24(31)17-8-10-18(11-9-17)35-16-20-7-5-14-34-20/h4,6,8-11,13,20H,2-3,5,7,12,14-16,26H2,1H3,(H,27,30,32). The van der Waals surface area contributed by atoms with Crippen LogP contribution in [-0.2, 0) is 17.8 Å². The van der Waals surface area contributed by atoms with Crippen molar-refractivity contribution in [2.24, 2.45) is 0 Å². The van der Waals surface area contributed by atoms with Crippen LogP contribution >= 0.6 is 0 Å². The molecule has 1 aliphatic rings. The lowest BCUT2D eigenvalue weighted by Gasteiger charge is -2.24. The van der Waals surface area contributed by atoms with Gasteiger partial charge in [0.25, 0.3) is 11.5 Å². The van der Waals surface area contributed by atoms with Crippen LogP contribution in [0.4, 0.5) is 11.5 Å². The normalized spacial score (nSPS) is 15.3. The molecule has 3 aromatic rings. The van der Waals surface area contributed by atoms with Crippen LogP contribution in [0.15, 0.2) is 56.7 Å². The third kappa shape index (κ3) is 5.65. The zero-order chi connectivity index (χ0) is 24.8. The lowest BCUT2D eigenvalue weighted by atomic mass is 10.1. The first-order valence-electron chi connectivity index (χ1n) is 11.8. The zero-order valence-electron chi connectivity index (χ0n) is 19.7. The van der Waals surface area contributed by atoms with E-state index in [0.29, 0.717) is 36.6 Å². The minimum Gasteiger partial charge on any atom is -0.491 e. The molecule has 1 atom stereocenters. The third-order valence-corrected chi connectivity index (χ3v) is 5.92. The molecule has 0 saturated carbocycles. The number of carbonyl (C=O) groups excluding carboxylic acids is 1. The summed E-state index contributed by atoms with van der Waals surface area (Å²) in [5.41, 5.74) is 5.16. The number of hydrogen-bond acceptors (Lipinski definition) is 7. The number of H-pyrrole nitrogens is 1. The molecular weight excluding hydrogens is 452 g/mol. The first kappa shape index (κ1) is 24.3. The van der Waals surface area contributed by atoms with Gasteiger partial charge in [0.05, 0.1) is 18.9 Å². The first-order valence-corrected chi connectivity index (χ1v) is 11.8. The van der Waals surface area contributed by atoms with Gasteiger partial charge in [0.15, 0.2) is 5.69 Å². The van der Waals surface area contributed by atoms with Gasteiger partial charge in [0.1, 0.15) is 23.9 Å².